The third-order valence-electron chi connectivity index (χ3n) is 5.23. The Morgan fingerprint density at radius 2 is 1.67 bits per heavy atom. The molecular formula is C19H24BN5O2. The molecule has 0 spiro atoms. The van der Waals surface area contributed by atoms with E-state index in [4.69, 9.17) is 9.31 Å². The van der Waals surface area contributed by atoms with Crippen LogP contribution in [0, 0.1) is 13.8 Å². The summed E-state index contributed by atoms with van der Waals surface area (Å²) in [5.41, 5.74) is 2.12. The highest BCUT2D eigenvalue weighted by molar-refractivity contribution is 6.62. The average Bonchev–Trinajstić information content (AvgIpc) is 3.02. The number of nitrogens with one attached hydrogen (secondary N) is 1. The monoisotopic (exact) mass is 365 g/mol. The molecule has 3 aromatic rings. The van der Waals surface area contributed by atoms with Crippen LogP contribution in [0.3, 0.4) is 0 Å². The summed E-state index contributed by atoms with van der Waals surface area (Å²) in [6.07, 6.45) is 1.91. The molecule has 0 unspecified atom stereocenters. The molecule has 1 saturated heterocycles. The van der Waals surface area contributed by atoms with E-state index < -0.39 is 7.12 Å². The number of hydrogen-bond donors (Lipinski definition) is 1. The van der Waals surface area contributed by atoms with Crippen LogP contribution in [0.5, 0.6) is 0 Å². The summed E-state index contributed by atoms with van der Waals surface area (Å²) >= 11 is 0. The van der Waals surface area contributed by atoms with Crippen LogP contribution in [0.25, 0.3) is 5.52 Å². The third kappa shape index (κ3) is 3.30. The Hall–Kier alpha value is -2.45. The smallest absolute Gasteiger partial charge is 0.399 e. The molecule has 4 heterocycles. The van der Waals surface area contributed by atoms with E-state index in [1.807, 2.05) is 48.8 Å². The largest absolute Gasteiger partial charge is 0.494 e. The van der Waals surface area contributed by atoms with Gasteiger partial charge in [-0.05, 0) is 59.1 Å². The van der Waals surface area contributed by atoms with Crippen LogP contribution < -0.4 is 10.8 Å². The summed E-state index contributed by atoms with van der Waals surface area (Å²) in [7, 11) is -0.390. The minimum atomic E-state index is -0.390. The van der Waals surface area contributed by atoms with Crippen LogP contribution in [-0.2, 0) is 9.31 Å². The second-order valence-electron chi connectivity index (χ2n) is 8.01. The van der Waals surface area contributed by atoms with E-state index >= 15 is 0 Å². The number of hydrogen-bond acceptors (Lipinski definition) is 6. The van der Waals surface area contributed by atoms with E-state index in [9.17, 15) is 0 Å². The zero-order valence-corrected chi connectivity index (χ0v) is 16.6. The average molecular weight is 365 g/mol. The van der Waals surface area contributed by atoms with Gasteiger partial charge in [0.05, 0.1) is 16.7 Å². The lowest BCUT2D eigenvalue weighted by molar-refractivity contribution is 0.00578. The number of nitrogens with zero attached hydrogens (tertiary/aromatic N) is 4. The quantitative estimate of drug-likeness (QED) is 0.720. The van der Waals surface area contributed by atoms with Gasteiger partial charge in [-0.2, -0.15) is 5.10 Å². The molecule has 27 heavy (non-hydrogen) atoms. The van der Waals surface area contributed by atoms with Crippen molar-refractivity contribution in [3.63, 3.8) is 0 Å². The predicted molar refractivity (Wildman–Crippen MR) is 106 cm³/mol. The summed E-state index contributed by atoms with van der Waals surface area (Å²) in [4.78, 5) is 8.69. The number of rotatable bonds is 3. The number of aryl methyl sites for hydroxylation is 2. The van der Waals surface area contributed by atoms with E-state index in [0.717, 1.165) is 34.1 Å². The summed E-state index contributed by atoms with van der Waals surface area (Å²) in [5.74, 6) is 2.18. The van der Waals surface area contributed by atoms with E-state index in [1.165, 1.54) is 0 Å². The molecule has 8 heteroatoms. The Morgan fingerprint density at radius 3 is 2.33 bits per heavy atom. The Labute approximate surface area is 159 Å². The molecule has 0 aliphatic carbocycles. The van der Waals surface area contributed by atoms with Crippen molar-refractivity contribution in [3.8, 4) is 0 Å². The highest BCUT2D eigenvalue weighted by Gasteiger charge is 2.51. The van der Waals surface area contributed by atoms with Crippen molar-refractivity contribution in [3.05, 3.63) is 42.0 Å². The second-order valence-corrected chi connectivity index (χ2v) is 8.01. The third-order valence-corrected chi connectivity index (χ3v) is 5.23. The lowest BCUT2D eigenvalue weighted by atomic mass is 9.79. The van der Waals surface area contributed by atoms with Gasteiger partial charge in [0.2, 0.25) is 0 Å². The Morgan fingerprint density at radius 1 is 0.963 bits per heavy atom. The van der Waals surface area contributed by atoms with Gasteiger partial charge in [-0.3, -0.25) is 0 Å². The lowest BCUT2D eigenvalue weighted by Crippen LogP contribution is -2.41. The maximum Gasteiger partial charge on any atom is 0.494 e. The fraction of sp³-hybridized carbons (Fsp3) is 0.421. The van der Waals surface area contributed by atoms with E-state index in [0.29, 0.717) is 0 Å². The van der Waals surface area contributed by atoms with Crippen molar-refractivity contribution >= 4 is 29.7 Å². The normalized spacial score (nSPS) is 18.2. The summed E-state index contributed by atoms with van der Waals surface area (Å²) in [6.45, 7) is 12.0. The minimum Gasteiger partial charge on any atom is -0.399 e. The molecule has 0 saturated carbocycles. The maximum atomic E-state index is 6.14. The van der Waals surface area contributed by atoms with Gasteiger partial charge in [-0.15, -0.1) is 0 Å². The van der Waals surface area contributed by atoms with Crippen LogP contribution in [0.15, 0.2) is 30.5 Å². The lowest BCUT2D eigenvalue weighted by Gasteiger charge is -2.32. The standard InChI is InChI=1S/C19H24BN5O2/c1-12-9-16(22-13(2)21-12)23-17-11-15-10-14(7-8-25(15)24-17)20-26-18(3,4)19(5,6)27-20/h7-11H,1-6H3,(H,21,22,23,24). The van der Waals surface area contributed by atoms with Gasteiger partial charge in [0.15, 0.2) is 5.82 Å². The number of anilines is 2. The SMILES string of the molecule is Cc1cc(Nc2cc3cc(B4OC(C)(C)C(C)(C)O4)ccn3n2)nc(C)n1. The van der Waals surface area contributed by atoms with Crippen LogP contribution in [0.4, 0.5) is 11.6 Å². The van der Waals surface area contributed by atoms with E-state index in [1.54, 1.807) is 0 Å². The molecule has 0 atom stereocenters. The fourth-order valence-electron chi connectivity index (χ4n) is 3.11. The Kier molecular flexibility index (Phi) is 4.01. The topological polar surface area (TPSA) is 73.6 Å². The first-order valence-corrected chi connectivity index (χ1v) is 9.07. The zero-order chi connectivity index (χ0) is 19.4. The van der Waals surface area contributed by atoms with E-state index in [-0.39, 0.29) is 11.2 Å². The molecule has 0 bridgehead atoms. The zero-order valence-electron chi connectivity index (χ0n) is 16.6. The molecule has 7 nitrogen and oxygen atoms in total. The van der Waals surface area contributed by atoms with Crippen LogP contribution >= 0.6 is 0 Å². The molecule has 0 aromatic carbocycles. The number of fused-ring (bicyclic) bond motifs is 1. The molecule has 1 aliphatic rings. The van der Waals surface area contributed by atoms with Gasteiger partial charge in [0.25, 0.3) is 0 Å². The number of pyridine rings is 1. The van der Waals surface area contributed by atoms with Crippen molar-refractivity contribution in [1.82, 2.24) is 19.6 Å². The van der Waals surface area contributed by atoms with Gasteiger partial charge < -0.3 is 14.6 Å². The first kappa shape index (κ1) is 17.9. The molecule has 0 radical (unpaired) electrons. The van der Waals surface area contributed by atoms with Crippen LogP contribution in [0.2, 0.25) is 0 Å². The molecule has 4 rings (SSSR count). The molecule has 1 aliphatic heterocycles. The highest BCUT2D eigenvalue weighted by Crippen LogP contribution is 2.36. The molecular weight excluding hydrogens is 341 g/mol. The Bertz CT molecular complexity index is 978. The number of aromatic nitrogens is 4. The first-order chi connectivity index (χ1) is 12.6. The van der Waals surface area contributed by atoms with Crippen molar-refractivity contribution < 1.29 is 9.31 Å². The van der Waals surface area contributed by atoms with Gasteiger partial charge in [0, 0.05) is 24.0 Å². The van der Waals surface area contributed by atoms with Gasteiger partial charge in [-0.1, -0.05) is 0 Å². The van der Waals surface area contributed by atoms with Crippen molar-refractivity contribution in [1.29, 1.82) is 0 Å². The summed E-state index contributed by atoms with van der Waals surface area (Å²) in [5, 5.41) is 7.80. The van der Waals surface area contributed by atoms with Gasteiger partial charge in [-0.25, -0.2) is 14.5 Å². The summed E-state index contributed by atoms with van der Waals surface area (Å²) in [6, 6.07) is 7.88. The molecule has 3 aromatic heterocycles. The van der Waals surface area contributed by atoms with E-state index in [2.05, 4.69) is 48.1 Å². The molecule has 1 fully saturated rings. The van der Waals surface area contributed by atoms with Crippen LogP contribution in [0.1, 0.15) is 39.2 Å². The predicted octanol–water partition coefficient (Wildman–Crippen LogP) is 2.78. The summed E-state index contributed by atoms with van der Waals surface area (Å²) < 4.78 is 14.1. The van der Waals surface area contributed by atoms with Gasteiger partial charge in [0.1, 0.15) is 11.6 Å². The van der Waals surface area contributed by atoms with Crippen LogP contribution in [-0.4, -0.2) is 37.9 Å². The second kappa shape index (κ2) is 6.04. The van der Waals surface area contributed by atoms with Gasteiger partial charge >= 0.3 is 7.12 Å². The fourth-order valence-corrected chi connectivity index (χ4v) is 3.11. The minimum absolute atomic E-state index is 0.362. The molecule has 1 N–H and O–H groups in total. The van der Waals surface area contributed by atoms with Crippen molar-refractivity contribution in [2.45, 2.75) is 52.7 Å². The molecule has 0 amide bonds. The van der Waals surface area contributed by atoms with Crippen molar-refractivity contribution in [2.75, 3.05) is 5.32 Å². The van der Waals surface area contributed by atoms with Crippen molar-refractivity contribution in [2.24, 2.45) is 0 Å². The maximum absolute atomic E-state index is 6.14. The first-order valence-electron chi connectivity index (χ1n) is 9.07. The molecule has 140 valence electrons. The Balaban J connectivity index is 1.61. The highest BCUT2D eigenvalue weighted by atomic mass is 16.7.